The lowest BCUT2D eigenvalue weighted by molar-refractivity contribution is -0.0155. The fourth-order valence-corrected chi connectivity index (χ4v) is 4.17. The second-order valence-electron chi connectivity index (χ2n) is 8.13. The molecule has 2 fully saturated rings. The first kappa shape index (κ1) is 20.9. The molecule has 2 aromatic heterocycles. The molecule has 4 N–H and O–H groups in total. The van der Waals surface area contributed by atoms with Crippen molar-refractivity contribution < 1.29 is 9.53 Å². The Morgan fingerprint density at radius 2 is 1.82 bits per heavy atom. The summed E-state index contributed by atoms with van der Waals surface area (Å²) in [5, 5.41) is 14.1. The van der Waals surface area contributed by atoms with Crippen molar-refractivity contribution in [2.75, 3.05) is 23.7 Å². The number of nitrogens with one attached hydrogen (secondary N) is 4. The Labute approximate surface area is 191 Å². The third kappa shape index (κ3) is 4.93. The number of H-pyrrole nitrogens is 1. The number of fused-ring (bicyclic) bond motifs is 2. The summed E-state index contributed by atoms with van der Waals surface area (Å²) in [6.45, 7) is 1.55. The minimum Gasteiger partial charge on any atom is -0.371 e. The van der Waals surface area contributed by atoms with E-state index < -0.39 is 0 Å². The molecule has 1 aromatic carbocycles. The molecule has 2 amide bonds. The van der Waals surface area contributed by atoms with Gasteiger partial charge in [-0.1, -0.05) is 0 Å². The van der Waals surface area contributed by atoms with Gasteiger partial charge >= 0.3 is 6.03 Å². The number of carbonyl (C=O) groups excluding carboxylic acids is 1. The van der Waals surface area contributed by atoms with Crippen LogP contribution in [0.25, 0.3) is 0 Å². The molecule has 2 aliphatic rings. The van der Waals surface area contributed by atoms with E-state index in [1.165, 1.54) is 0 Å². The van der Waals surface area contributed by atoms with Crippen LogP contribution in [0.4, 0.5) is 16.2 Å². The van der Waals surface area contributed by atoms with Crippen LogP contribution in [0.5, 0.6) is 0 Å². The largest absolute Gasteiger partial charge is 0.371 e. The number of amides is 2. The molecule has 0 aliphatic carbocycles. The van der Waals surface area contributed by atoms with Crippen LogP contribution in [-0.4, -0.2) is 57.9 Å². The number of aliphatic imine (C=N–C) groups is 1. The number of pyridine rings is 1. The average molecular weight is 444 g/mol. The minimum absolute atomic E-state index is 0.157. The number of nitrogens with zero attached hydrogens (tertiary/aromatic N) is 3. The van der Waals surface area contributed by atoms with Gasteiger partial charge in [0, 0.05) is 36.7 Å². The molecule has 2 saturated heterocycles. The molecule has 0 radical (unpaired) electrons. The van der Waals surface area contributed by atoms with Crippen LogP contribution in [0.3, 0.4) is 0 Å². The predicted molar refractivity (Wildman–Crippen MR) is 127 cm³/mol. The van der Waals surface area contributed by atoms with Crippen molar-refractivity contribution in [3.05, 3.63) is 78.4 Å². The van der Waals surface area contributed by atoms with Crippen LogP contribution in [-0.2, 0) is 4.74 Å². The topological polar surface area (TPSA) is 118 Å². The Bertz CT molecular complexity index is 1130. The minimum atomic E-state index is -0.361. The van der Waals surface area contributed by atoms with E-state index in [2.05, 4.69) is 30.5 Å². The fraction of sp³-hybridized carbons (Fsp3) is 0.250. The van der Waals surface area contributed by atoms with Gasteiger partial charge in [0.1, 0.15) is 0 Å². The lowest BCUT2D eigenvalue weighted by Crippen LogP contribution is -2.46. The lowest BCUT2D eigenvalue weighted by atomic mass is 10.2. The number of anilines is 2. The van der Waals surface area contributed by atoms with Crippen molar-refractivity contribution in [3.8, 4) is 0 Å². The predicted octanol–water partition coefficient (Wildman–Crippen LogP) is 3.69. The van der Waals surface area contributed by atoms with Crippen LogP contribution in [0.15, 0.2) is 72.1 Å². The molecule has 2 bridgehead atoms. The van der Waals surface area contributed by atoms with Crippen molar-refractivity contribution in [3.63, 3.8) is 0 Å². The van der Waals surface area contributed by atoms with E-state index in [-0.39, 0.29) is 24.1 Å². The van der Waals surface area contributed by atoms with Gasteiger partial charge in [0.05, 0.1) is 29.8 Å². The van der Waals surface area contributed by atoms with Crippen LogP contribution < -0.4 is 10.6 Å². The number of urea groups is 1. The van der Waals surface area contributed by atoms with Gasteiger partial charge < -0.3 is 25.3 Å². The molecular weight excluding hydrogens is 418 g/mol. The number of ether oxygens (including phenoxy) is 1. The first-order valence-electron chi connectivity index (χ1n) is 10.9. The second kappa shape index (κ2) is 9.25. The Kier molecular flexibility index (Phi) is 5.86. The van der Waals surface area contributed by atoms with Crippen molar-refractivity contribution in [1.82, 2.24) is 14.9 Å². The fourth-order valence-electron chi connectivity index (χ4n) is 4.17. The third-order valence-electron chi connectivity index (χ3n) is 5.74. The standard InChI is InChI=1S/C24H25N7O2/c25-22(16-5-7-17(8-6-16)28-24(32)29-18-3-1-11-26-13-18)30-23(21-4-2-12-27-21)31-14-19-9-10-20(15-31)33-19/h1-8,11-13,19-20,25,27H,9-10,14-15H2,(H2,28,29,32)/b25-22?,30-23+/t19-,20?/m1/s1. The number of aromatic amines is 1. The molecule has 2 aliphatic heterocycles. The number of likely N-dealkylation sites (tertiary alicyclic amines) is 1. The Hall–Kier alpha value is -3.98. The van der Waals surface area contributed by atoms with Crippen molar-refractivity contribution in [2.45, 2.75) is 25.0 Å². The van der Waals surface area contributed by atoms with Gasteiger partial charge in [-0.2, -0.15) is 0 Å². The highest BCUT2D eigenvalue weighted by molar-refractivity contribution is 6.10. The lowest BCUT2D eigenvalue weighted by Gasteiger charge is -2.34. The number of hydrogen-bond acceptors (Lipinski definition) is 4. The molecule has 1 unspecified atom stereocenters. The van der Waals surface area contributed by atoms with Gasteiger partial charge in [0.2, 0.25) is 0 Å². The van der Waals surface area contributed by atoms with Gasteiger partial charge in [-0.25, -0.2) is 9.79 Å². The second-order valence-corrected chi connectivity index (χ2v) is 8.13. The molecule has 5 rings (SSSR count). The van der Waals surface area contributed by atoms with Gasteiger partial charge in [0.25, 0.3) is 0 Å². The van der Waals surface area contributed by atoms with Crippen molar-refractivity contribution in [1.29, 1.82) is 5.41 Å². The highest BCUT2D eigenvalue weighted by Gasteiger charge is 2.35. The maximum absolute atomic E-state index is 12.2. The zero-order valence-corrected chi connectivity index (χ0v) is 18.0. The number of amidine groups is 2. The van der Waals surface area contributed by atoms with Gasteiger partial charge in [-0.15, -0.1) is 0 Å². The maximum Gasteiger partial charge on any atom is 0.323 e. The molecule has 9 nitrogen and oxygen atoms in total. The zero-order chi connectivity index (χ0) is 22.6. The Balaban J connectivity index is 1.29. The van der Waals surface area contributed by atoms with Gasteiger partial charge in [-0.05, 0) is 61.4 Å². The molecule has 0 saturated carbocycles. The molecule has 168 valence electrons. The highest BCUT2D eigenvalue weighted by atomic mass is 16.5. The number of morpholine rings is 1. The summed E-state index contributed by atoms with van der Waals surface area (Å²) < 4.78 is 5.96. The molecule has 9 heteroatoms. The van der Waals surface area contributed by atoms with Crippen LogP contribution in [0.2, 0.25) is 0 Å². The van der Waals surface area contributed by atoms with Gasteiger partial charge in [-0.3, -0.25) is 10.4 Å². The van der Waals surface area contributed by atoms with E-state index in [0.29, 0.717) is 16.9 Å². The van der Waals surface area contributed by atoms with E-state index in [1.54, 1.807) is 48.8 Å². The van der Waals surface area contributed by atoms with E-state index in [9.17, 15) is 4.79 Å². The van der Waals surface area contributed by atoms with Crippen LogP contribution >= 0.6 is 0 Å². The maximum atomic E-state index is 12.2. The molecule has 33 heavy (non-hydrogen) atoms. The number of rotatable bonds is 4. The van der Waals surface area contributed by atoms with Crippen molar-refractivity contribution >= 4 is 29.1 Å². The Morgan fingerprint density at radius 3 is 2.48 bits per heavy atom. The van der Waals surface area contributed by atoms with Crippen LogP contribution in [0.1, 0.15) is 24.1 Å². The van der Waals surface area contributed by atoms with Crippen LogP contribution in [0, 0.1) is 5.41 Å². The van der Waals surface area contributed by atoms with Crippen molar-refractivity contribution in [2.24, 2.45) is 4.99 Å². The summed E-state index contributed by atoms with van der Waals surface area (Å²) in [4.78, 5) is 26.3. The Morgan fingerprint density at radius 1 is 1.06 bits per heavy atom. The zero-order valence-electron chi connectivity index (χ0n) is 18.0. The summed E-state index contributed by atoms with van der Waals surface area (Å²) in [5.41, 5.74) is 2.77. The van der Waals surface area contributed by atoms with E-state index in [1.807, 2.05) is 18.3 Å². The smallest absolute Gasteiger partial charge is 0.323 e. The number of carbonyl (C=O) groups is 1. The number of benzene rings is 1. The summed E-state index contributed by atoms with van der Waals surface area (Å²) in [6.07, 6.45) is 7.66. The number of hydrogen-bond donors (Lipinski definition) is 4. The third-order valence-corrected chi connectivity index (χ3v) is 5.74. The SMILES string of the molecule is N=C(/N=C(\c1ccc[nH]1)N1CC2CC[C@H](C1)O2)c1ccc(NC(=O)Nc2cccnc2)cc1. The molecule has 0 spiro atoms. The van der Waals surface area contributed by atoms with E-state index in [0.717, 1.165) is 37.5 Å². The summed E-state index contributed by atoms with van der Waals surface area (Å²) in [6, 6.07) is 14.1. The monoisotopic (exact) mass is 443 g/mol. The molecule has 4 heterocycles. The molecule has 2 atom stereocenters. The molecule has 3 aromatic rings. The highest BCUT2D eigenvalue weighted by Crippen LogP contribution is 2.27. The first-order valence-corrected chi connectivity index (χ1v) is 10.9. The number of aromatic nitrogens is 2. The quantitative estimate of drug-likeness (QED) is 0.363. The molecular formula is C24H25N7O2. The van der Waals surface area contributed by atoms with E-state index >= 15 is 0 Å². The van der Waals surface area contributed by atoms with E-state index in [4.69, 9.17) is 10.1 Å². The normalized spacial score (nSPS) is 19.9. The summed E-state index contributed by atoms with van der Waals surface area (Å²) >= 11 is 0. The summed E-state index contributed by atoms with van der Waals surface area (Å²) in [5.74, 6) is 0.910. The summed E-state index contributed by atoms with van der Waals surface area (Å²) in [7, 11) is 0. The van der Waals surface area contributed by atoms with Gasteiger partial charge in [0.15, 0.2) is 11.7 Å². The average Bonchev–Trinajstić information content (AvgIpc) is 3.48. The first-order chi connectivity index (χ1) is 16.1.